The number of nitro benzene ring substituents is 1. The molecule has 0 radical (unpaired) electrons. The van der Waals surface area contributed by atoms with Gasteiger partial charge in [0.2, 0.25) is 0 Å². The fourth-order valence-electron chi connectivity index (χ4n) is 2.42. The topological polar surface area (TPSA) is 102 Å². The van der Waals surface area contributed by atoms with Crippen molar-refractivity contribution in [1.82, 2.24) is 14.7 Å². The van der Waals surface area contributed by atoms with Crippen LogP contribution in [0, 0.1) is 10.1 Å². The maximum atomic E-state index is 12.2. The van der Waals surface area contributed by atoms with Crippen molar-refractivity contribution in [2.45, 2.75) is 12.5 Å². The molecular weight excluding hydrogens is 288 g/mol. The zero-order chi connectivity index (χ0) is 15.7. The monoisotopic (exact) mass is 302 g/mol. The number of aromatic nitrogens is 2. The SMILES string of the molecule is O=C(c1ccn(-c2cccc([N+](=O)[O-])c2)n1)N1CC[C@@H](O)C1. The van der Waals surface area contributed by atoms with Gasteiger partial charge in [0.15, 0.2) is 5.69 Å². The quantitative estimate of drug-likeness (QED) is 0.673. The molecule has 22 heavy (non-hydrogen) atoms. The van der Waals surface area contributed by atoms with Crippen molar-refractivity contribution in [3.05, 3.63) is 52.3 Å². The number of carbonyl (C=O) groups excluding carboxylic acids is 1. The predicted molar refractivity (Wildman–Crippen MR) is 76.7 cm³/mol. The third kappa shape index (κ3) is 2.68. The molecule has 8 nitrogen and oxygen atoms in total. The van der Waals surface area contributed by atoms with Gasteiger partial charge < -0.3 is 10.0 Å². The van der Waals surface area contributed by atoms with Crippen LogP contribution in [0.25, 0.3) is 5.69 Å². The largest absolute Gasteiger partial charge is 0.391 e. The van der Waals surface area contributed by atoms with Gasteiger partial charge in [0, 0.05) is 31.4 Å². The molecule has 1 fully saturated rings. The van der Waals surface area contributed by atoms with E-state index in [0.29, 0.717) is 25.2 Å². The Balaban J connectivity index is 1.83. The Kier molecular flexibility index (Phi) is 3.60. The number of non-ortho nitro benzene ring substituents is 1. The van der Waals surface area contributed by atoms with Gasteiger partial charge in [-0.2, -0.15) is 5.10 Å². The van der Waals surface area contributed by atoms with Crippen LogP contribution >= 0.6 is 0 Å². The van der Waals surface area contributed by atoms with Crippen LogP contribution in [0.3, 0.4) is 0 Å². The van der Waals surface area contributed by atoms with E-state index in [1.807, 2.05) is 0 Å². The van der Waals surface area contributed by atoms with Crippen LogP contribution in [0.1, 0.15) is 16.9 Å². The summed E-state index contributed by atoms with van der Waals surface area (Å²) < 4.78 is 1.42. The van der Waals surface area contributed by atoms with Crippen molar-refractivity contribution in [2.24, 2.45) is 0 Å². The number of benzene rings is 1. The zero-order valence-electron chi connectivity index (χ0n) is 11.6. The first-order chi connectivity index (χ1) is 10.5. The average molecular weight is 302 g/mol. The summed E-state index contributed by atoms with van der Waals surface area (Å²) in [6, 6.07) is 7.58. The number of nitro groups is 1. The molecule has 2 aromatic rings. The molecule has 8 heteroatoms. The number of hydrogen-bond acceptors (Lipinski definition) is 5. The van der Waals surface area contributed by atoms with Crippen LogP contribution < -0.4 is 0 Å². The first-order valence-electron chi connectivity index (χ1n) is 6.82. The average Bonchev–Trinajstić information content (AvgIpc) is 3.15. The molecule has 1 N–H and O–H groups in total. The van der Waals surface area contributed by atoms with Crippen molar-refractivity contribution in [1.29, 1.82) is 0 Å². The third-order valence-corrected chi connectivity index (χ3v) is 3.56. The van der Waals surface area contributed by atoms with Gasteiger partial charge in [-0.15, -0.1) is 0 Å². The molecule has 1 aliphatic heterocycles. The minimum absolute atomic E-state index is 0.0384. The Morgan fingerprint density at radius 1 is 1.41 bits per heavy atom. The van der Waals surface area contributed by atoms with Gasteiger partial charge in [-0.25, -0.2) is 4.68 Å². The molecule has 0 aliphatic carbocycles. The molecule has 1 amide bonds. The maximum absolute atomic E-state index is 12.2. The number of carbonyl (C=O) groups is 1. The number of amides is 1. The van der Waals surface area contributed by atoms with Gasteiger partial charge in [0.1, 0.15) is 0 Å². The summed E-state index contributed by atoms with van der Waals surface area (Å²) in [5.74, 6) is -0.249. The molecule has 1 aromatic carbocycles. The van der Waals surface area contributed by atoms with E-state index in [1.54, 1.807) is 29.3 Å². The second kappa shape index (κ2) is 5.57. The minimum atomic E-state index is -0.484. The van der Waals surface area contributed by atoms with Gasteiger partial charge in [-0.05, 0) is 18.6 Å². The van der Waals surface area contributed by atoms with Crippen molar-refractivity contribution in [3.63, 3.8) is 0 Å². The molecule has 1 aliphatic rings. The smallest absolute Gasteiger partial charge is 0.274 e. The molecular formula is C14H14N4O4. The van der Waals surface area contributed by atoms with Gasteiger partial charge in [0.25, 0.3) is 11.6 Å². The molecule has 114 valence electrons. The first-order valence-corrected chi connectivity index (χ1v) is 6.82. The lowest BCUT2D eigenvalue weighted by atomic mass is 10.3. The minimum Gasteiger partial charge on any atom is -0.391 e. The van der Waals surface area contributed by atoms with Gasteiger partial charge in [-0.3, -0.25) is 14.9 Å². The van der Waals surface area contributed by atoms with E-state index in [2.05, 4.69) is 5.10 Å². The van der Waals surface area contributed by atoms with Gasteiger partial charge in [0.05, 0.1) is 16.7 Å². The first kappa shape index (κ1) is 14.2. The molecule has 0 spiro atoms. The number of rotatable bonds is 3. The number of likely N-dealkylation sites (tertiary alicyclic amines) is 1. The lowest BCUT2D eigenvalue weighted by molar-refractivity contribution is -0.384. The van der Waals surface area contributed by atoms with Crippen LogP contribution in [0.2, 0.25) is 0 Å². The summed E-state index contributed by atoms with van der Waals surface area (Å²) in [4.78, 5) is 24.1. The summed E-state index contributed by atoms with van der Waals surface area (Å²) in [6.45, 7) is 0.812. The number of aliphatic hydroxyl groups excluding tert-OH is 1. The molecule has 0 saturated carbocycles. The second-order valence-corrected chi connectivity index (χ2v) is 5.12. The number of nitrogens with zero attached hydrogens (tertiary/aromatic N) is 4. The Morgan fingerprint density at radius 3 is 2.91 bits per heavy atom. The van der Waals surface area contributed by atoms with Crippen molar-refractivity contribution in [3.8, 4) is 5.69 Å². The summed E-state index contributed by atoms with van der Waals surface area (Å²) in [6.07, 6.45) is 1.67. The van der Waals surface area contributed by atoms with Crippen molar-refractivity contribution in [2.75, 3.05) is 13.1 Å². The lowest BCUT2D eigenvalue weighted by Gasteiger charge is -2.13. The normalized spacial score (nSPS) is 17.7. The Labute approximate surface area is 125 Å². The highest BCUT2D eigenvalue weighted by Crippen LogP contribution is 2.17. The van der Waals surface area contributed by atoms with Crippen LogP contribution in [0.5, 0.6) is 0 Å². The van der Waals surface area contributed by atoms with Crippen LogP contribution in [-0.4, -0.2) is 49.8 Å². The molecule has 0 unspecified atom stereocenters. The number of β-amino-alcohol motifs (C(OH)–C–C–N with tert-alkyl or cyclic N) is 1. The summed E-state index contributed by atoms with van der Waals surface area (Å²) in [7, 11) is 0. The zero-order valence-corrected chi connectivity index (χ0v) is 11.6. The van der Waals surface area contributed by atoms with E-state index < -0.39 is 11.0 Å². The fourth-order valence-corrected chi connectivity index (χ4v) is 2.42. The van der Waals surface area contributed by atoms with E-state index in [0.717, 1.165) is 0 Å². The van der Waals surface area contributed by atoms with E-state index in [9.17, 15) is 20.0 Å². The second-order valence-electron chi connectivity index (χ2n) is 5.12. The maximum Gasteiger partial charge on any atom is 0.274 e. The molecule has 2 heterocycles. The van der Waals surface area contributed by atoms with Crippen LogP contribution in [0.4, 0.5) is 5.69 Å². The van der Waals surface area contributed by atoms with E-state index in [1.165, 1.54) is 16.8 Å². The van der Waals surface area contributed by atoms with Crippen LogP contribution in [0.15, 0.2) is 36.5 Å². The van der Waals surface area contributed by atoms with E-state index >= 15 is 0 Å². The summed E-state index contributed by atoms with van der Waals surface area (Å²) in [5.41, 5.74) is 0.721. The van der Waals surface area contributed by atoms with E-state index in [4.69, 9.17) is 0 Å². The summed E-state index contributed by atoms with van der Waals surface area (Å²) in [5, 5.41) is 24.4. The van der Waals surface area contributed by atoms with Crippen molar-refractivity contribution < 1.29 is 14.8 Å². The third-order valence-electron chi connectivity index (χ3n) is 3.56. The van der Waals surface area contributed by atoms with Gasteiger partial charge in [-0.1, -0.05) is 6.07 Å². The standard InChI is InChI=1S/C14H14N4O4/c19-12-4-6-16(9-12)14(20)13-5-7-17(15-13)10-2-1-3-11(8-10)18(21)22/h1-3,5,7-8,12,19H,4,6,9H2/t12-/m1/s1. The predicted octanol–water partition coefficient (Wildman–Crippen LogP) is 0.987. The molecule has 0 bridgehead atoms. The highest BCUT2D eigenvalue weighted by molar-refractivity contribution is 5.92. The number of hydrogen-bond donors (Lipinski definition) is 1. The lowest BCUT2D eigenvalue weighted by Crippen LogP contribution is -2.29. The van der Waals surface area contributed by atoms with E-state index in [-0.39, 0.29) is 17.3 Å². The highest BCUT2D eigenvalue weighted by atomic mass is 16.6. The van der Waals surface area contributed by atoms with Crippen LogP contribution in [-0.2, 0) is 0 Å². The Morgan fingerprint density at radius 2 is 2.23 bits per heavy atom. The fraction of sp³-hybridized carbons (Fsp3) is 0.286. The van der Waals surface area contributed by atoms with Gasteiger partial charge >= 0.3 is 0 Å². The summed E-state index contributed by atoms with van der Waals surface area (Å²) >= 11 is 0. The molecule has 1 aromatic heterocycles. The molecule has 1 atom stereocenters. The molecule has 3 rings (SSSR count). The molecule has 1 saturated heterocycles. The number of aliphatic hydroxyl groups is 1. The Bertz CT molecular complexity index is 727. The van der Waals surface area contributed by atoms with Crippen molar-refractivity contribution >= 4 is 11.6 Å². The Hall–Kier alpha value is -2.74. The highest BCUT2D eigenvalue weighted by Gasteiger charge is 2.26.